The van der Waals surface area contributed by atoms with Crippen LogP contribution in [-0.2, 0) is 14.3 Å². The highest BCUT2D eigenvalue weighted by atomic mass is 16.5. The highest BCUT2D eigenvalue weighted by molar-refractivity contribution is 5.77. The van der Waals surface area contributed by atoms with Crippen LogP contribution in [-0.4, -0.2) is 29.8 Å². The molecular formula is C14H24N2O4. The second-order valence-electron chi connectivity index (χ2n) is 5.36. The van der Waals surface area contributed by atoms with E-state index < -0.39 is 5.92 Å². The van der Waals surface area contributed by atoms with Crippen molar-refractivity contribution in [3.8, 4) is 0 Å². The Labute approximate surface area is 119 Å². The van der Waals surface area contributed by atoms with Crippen LogP contribution in [0.25, 0.3) is 0 Å². The molecule has 114 valence electrons. The standard InChI is InChI=1S/C14H24N2O4/c1-7-19-14(17)10(8(2)3)13-15-12(16-20-13)11(18-6)9(4)5/h8-11H,7H2,1-6H3. The van der Waals surface area contributed by atoms with E-state index in [4.69, 9.17) is 14.0 Å². The lowest BCUT2D eigenvalue weighted by Crippen LogP contribution is -2.21. The van der Waals surface area contributed by atoms with Crippen molar-refractivity contribution in [1.29, 1.82) is 0 Å². The van der Waals surface area contributed by atoms with Crippen LogP contribution in [0.1, 0.15) is 58.4 Å². The SMILES string of the molecule is CCOC(=O)C(c1nc(C(OC)C(C)C)no1)C(C)C. The Kier molecular flexibility index (Phi) is 6.13. The van der Waals surface area contributed by atoms with E-state index in [9.17, 15) is 4.79 Å². The summed E-state index contributed by atoms with van der Waals surface area (Å²) >= 11 is 0. The van der Waals surface area contributed by atoms with Gasteiger partial charge in [0.2, 0.25) is 11.7 Å². The summed E-state index contributed by atoms with van der Waals surface area (Å²) in [4.78, 5) is 16.3. The molecule has 0 radical (unpaired) electrons. The highest BCUT2D eigenvalue weighted by Crippen LogP contribution is 2.28. The Morgan fingerprint density at radius 2 is 1.90 bits per heavy atom. The normalized spacial score (nSPS) is 14.6. The highest BCUT2D eigenvalue weighted by Gasteiger charge is 2.32. The van der Waals surface area contributed by atoms with Crippen LogP contribution in [0.2, 0.25) is 0 Å². The predicted molar refractivity (Wildman–Crippen MR) is 73.1 cm³/mol. The molecule has 6 heteroatoms. The molecular weight excluding hydrogens is 260 g/mol. The lowest BCUT2D eigenvalue weighted by Gasteiger charge is -2.15. The van der Waals surface area contributed by atoms with E-state index in [1.54, 1.807) is 14.0 Å². The summed E-state index contributed by atoms with van der Waals surface area (Å²) in [5, 5.41) is 3.94. The van der Waals surface area contributed by atoms with Crippen LogP contribution in [0, 0.1) is 11.8 Å². The first-order valence-electron chi connectivity index (χ1n) is 6.95. The largest absolute Gasteiger partial charge is 0.465 e. The maximum absolute atomic E-state index is 12.0. The van der Waals surface area contributed by atoms with E-state index in [1.165, 1.54) is 0 Å². The van der Waals surface area contributed by atoms with Crippen molar-refractivity contribution < 1.29 is 18.8 Å². The molecule has 0 aliphatic carbocycles. The number of carbonyl (C=O) groups excluding carboxylic acids is 1. The molecule has 6 nitrogen and oxygen atoms in total. The molecule has 1 heterocycles. The third-order valence-corrected chi connectivity index (χ3v) is 3.04. The summed E-state index contributed by atoms with van der Waals surface area (Å²) in [6.07, 6.45) is -0.248. The molecule has 0 bridgehead atoms. The zero-order valence-corrected chi connectivity index (χ0v) is 13.0. The minimum Gasteiger partial charge on any atom is -0.465 e. The third-order valence-electron chi connectivity index (χ3n) is 3.04. The van der Waals surface area contributed by atoms with Crippen LogP contribution in [0.5, 0.6) is 0 Å². The van der Waals surface area contributed by atoms with Gasteiger partial charge in [-0.05, 0) is 18.8 Å². The molecule has 0 aromatic carbocycles. The zero-order valence-electron chi connectivity index (χ0n) is 13.0. The molecule has 1 aromatic rings. The minimum atomic E-state index is -0.541. The van der Waals surface area contributed by atoms with E-state index in [0.29, 0.717) is 12.4 Å². The number of rotatable bonds is 7. The number of carbonyl (C=O) groups is 1. The average Bonchev–Trinajstić information content (AvgIpc) is 2.78. The molecule has 0 spiro atoms. The van der Waals surface area contributed by atoms with Gasteiger partial charge < -0.3 is 14.0 Å². The fourth-order valence-corrected chi connectivity index (χ4v) is 2.06. The van der Waals surface area contributed by atoms with Gasteiger partial charge >= 0.3 is 5.97 Å². The zero-order chi connectivity index (χ0) is 15.3. The molecule has 2 unspecified atom stereocenters. The molecule has 0 N–H and O–H groups in total. The van der Waals surface area contributed by atoms with Crippen LogP contribution in [0.3, 0.4) is 0 Å². The van der Waals surface area contributed by atoms with E-state index in [1.807, 2.05) is 27.7 Å². The Hall–Kier alpha value is -1.43. The number of ether oxygens (including phenoxy) is 2. The van der Waals surface area contributed by atoms with Crippen molar-refractivity contribution in [2.75, 3.05) is 13.7 Å². The summed E-state index contributed by atoms with van der Waals surface area (Å²) in [6, 6.07) is 0. The molecule has 2 atom stereocenters. The van der Waals surface area contributed by atoms with Gasteiger partial charge in [0.1, 0.15) is 12.0 Å². The Bertz CT molecular complexity index is 429. The number of hydrogen-bond donors (Lipinski definition) is 0. The minimum absolute atomic E-state index is 0.0161. The number of nitrogens with zero attached hydrogens (tertiary/aromatic N) is 2. The fraction of sp³-hybridized carbons (Fsp3) is 0.786. The van der Waals surface area contributed by atoms with Gasteiger partial charge in [-0.3, -0.25) is 4.79 Å². The Morgan fingerprint density at radius 1 is 1.25 bits per heavy atom. The first-order chi connectivity index (χ1) is 9.42. The smallest absolute Gasteiger partial charge is 0.318 e. The first kappa shape index (κ1) is 16.6. The predicted octanol–water partition coefficient (Wildman–Crippen LogP) is 2.72. The van der Waals surface area contributed by atoms with Gasteiger partial charge in [-0.1, -0.05) is 32.9 Å². The third kappa shape index (κ3) is 3.79. The molecule has 0 saturated carbocycles. The van der Waals surface area contributed by atoms with E-state index in [0.717, 1.165) is 0 Å². The van der Waals surface area contributed by atoms with Gasteiger partial charge in [-0.25, -0.2) is 0 Å². The van der Waals surface area contributed by atoms with Crippen LogP contribution >= 0.6 is 0 Å². The number of methoxy groups -OCH3 is 1. The van der Waals surface area contributed by atoms with Gasteiger partial charge in [0, 0.05) is 7.11 Å². The van der Waals surface area contributed by atoms with Gasteiger partial charge in [-0.2, -0.15) is 4.98 Å². The summed E-state index contributed by atoms with van der Waals surface area (Å²) in [6.45, 7) is 9.96. The molecule has 0 aliphatic rings. The van der Waals surface area contributed by atoms with Crippen molar-refractivity contribution >= 4 is 5.97 Å². The lowest BCUT2D eigenvalue weighted by molar-refractivity contribution is -0.146. The van der Waals surface area contributed by atoms with Crippen molar-refractivity contribution in [2.24, 2.45) is 11.8 Å². The number of hydrogen-bond acceptors (Lipinski definition) is 6. The molecule has 20 heavy (non-hydrogen) atoms. The van der Waals surface area contributed by atoms with Gasteiger partial charge in [0.05, 0.1) is 6.61 Å². The summed E-state index contributed by atoms with van der Waals surface area (Å²) < 4.78 is 15.7. The maximum Gasteiger partial charge on any atom is 0.318 e. The van der Waals surface area contributed by atoms with Gasteiger partial charge in [-0.15, -0.1) is 0 Å². The average molecular weight is 284 g/mol. The number of aromatic nitrogens is 2. The lowest BCUT2D eigenvalue weighted by atomic mass is 9.96. The quantitative estimate of drug-likeness (QED) is 0.717. The molecule has 0 amide bonds. The second kappa shape index (κ2) is 7.38. The van der Waals surface area contributed by atoms with E-state index >= 15 is 0 Å². The Balaban J connectivity index is 3.00. The fourth-order valence-electron chi connectivity index (χ4n) is 2.06. The maximum atomic E-state index is 12.0. The Morgan fingerprint density at radius 3 is 2.35 bits per heavy atom. The van der Waals surface area contributed by atoms with Gasteiger partial charge in [0.15, 0.2) is 0 Å². The molecule has 1 aromatic heterocycles. The van der Waals surface area contributed by atoms with Crippen molar-refractivity contribution in [2.45, 2.75) is 46.6 Å². The molecule has 0 saturated heterocycles. The van der Waals surface area contributed by atoms with E-state index in [-0.39, 0.29) is 29.8 Å². The number of esters is 1. The molecule has 1 rings (SSSR count). The second-order valence-corrected chi connectivity index (χ2v) is 5.36. The van der Waals surface area contributed by atoms with Gasteiger partial charge in [0.25, 0.3) is 0 Å². The molecule has 0 aliphatic heterocycles. The molecule has 0 fully saturated rings. The van der Waals surface area contributed by atoms with E-state index in [2.05, 4.69) is 10.1 Å². The van der Waals surface area contributed by atoms with Crippen LogP contribution in [0.15, 0.2) is 4.52 Å². The van der Waals surface area contributed by atoms with Crippen molar-refractivity contribution in [1.82, 2.24) is 10.1 Å². The van der Waals surface area contributed by atoms with Crippen LogP contribution < -0.4 is 0 Å². The summed E-state index contributed by atoms with van der Waals surface area (Å²) in [7, 11) is 1.60. The topological polar surface area (TPSA) is 74.5 Å². The first-order valence-corrected chi connectivity index (χ1v) is 6.95. The van der Waals surface area contributed by atoms with Crippen LogP contribution in [0.4, 0.5) is 0 Å². The summed E-state index contributed by atoms with van der Waals surface area (Å²) in [5.41, 5.74) is 0. The monoisotopic (exact) mass is 284 g/mol. The summed E-state index contributed by atoms with van der Waals surface area (Å²) in [5.74, 6) is 0.105. The van der Waals surface area contributed by atoms with Crippen molar-refractivity contribution in [3.05, 3.63) is 11.7 Å². The van der Waals surface area contributed by atoms with Crippen molar-refractivity contribution in [3.63, 3.8) is 0 Å².